The van der Waals surface area contributed by atoms with Crippen molar-refractivity contribution in [2.24, 2.45) is 10.9 Å². The number of carboxylic acids is 1. The van der Waals surface area contributed by atoms with Crippen LogP contribution in [0.1, 0.15) is 20.8 Å². The summed E-state index contributed by atoms with van der Waals surface area (Å²) in [6.07, 6.45) is 0. The number of carboxylic acid groups (broad SMARTS) is 1. The Bertz CT molecular complexity index is 514. The van der Waals surface area contributed by atoms with Gasteiger partial charge in [-0.3, -0.25) is 4.79 Å². The predicted molar refractivity (Wildman–Crippen MR) is 82.7 cm³/mol. The van der Waals surface area contributed by atoms with Crippen molar-refractivity contribution in [3.8, 4) is 0 Å². The molecule has 0 amide bonds. The van der Waals surface area contributed by atoms with E-state index in [0.29, 0.717) is 0 Å². The summed E-state index contributed by atoms with van der Waals surface area (Å²) in [5.41, 5.74) is 0.945. The van der Waals surface area contributed by atoms with Gasteiger partial charge in [0.05, 0.1) is 16.0 Å². The van der Waals surface area contributed by atoms with Gasteiger partial charge in [0.1, 0.15) is 5.25 Å². The first kappa shape index (κ1) is 14.5. The summed E-state index contributed by atoms with van der Waals surface area (Å²) < 4.78 is 0. The second-order valence-corrected chi connectivity index (χ2v) is 7.34. The third kappa shape index (κ3) is 3.34. The number of aliphatic imine (C=N–C) groups is 1. The van der Waals surface area contributed by atoms with Crippen LogP contribution in [0.3, 0.4) is 0 Å². The Morgan fingerprint density at radius 3 is 2.74 bits per heavy atom. The average Bonchev–Trinajstić information content (AvgIpc) is 2.35. The molecule has 0 saturated heterocycles. The van der Waals surface area contributed by atoms with E-state index < -0.39 is 11.2 Å². The van der Waals surface area contributed by atoms with Crippen molar-refractivity contribution in [3.63, 3.8) is 0 Å². The first-order valence-corrected chi connectivity index (χ1v) is 7.98. The molecule has 2 atom stereocenters. The largest absolute Gasteiger partial charge is 0.480 e. The Hall–Kier alpha value is -0.940. The Kier molecular flexibility index (Phi) is 4.58. The van der Waals surface area contributed by atoms with E-state index in [9.17, 15) is 9.90 Å². The molecule has 1 aliphatic rings. The van der Waals surface area contributed by atoms with Crippen molar-refractivity contribution in [1.82, 2.24) is 0 Å². The van der Waals surface area contributed by atoms with Gasteiger partial charge < -0.3 is 5.11 Å². The van der Waals surface area contributed by atoms with Crippen molar-refractivity contribution in [2.75, 3.05) is 0 Å². The molecule has 2 unspecified atom stereocenters. The molecule has 3 nitrogen and oxygen atoms in total. The summed E-state index contributed by atoms with van der Waals surface area (Å²) >= 11 is 3.12. The van der Waals surface area contributed by atoms with E-state index in [1.807, 2.05) is 32.0 Å². The Morgan fingerprint density at radius 1 is 1.42 bits per heavy atom. The van der Waals surface area contributed by atoms with Gasteiger partial charge in [0.2, 0.25) is 0 Å². The number of nitrogens with zero attached hydrogens (tertiary/aromatic N) is 1. The second kappa shape index (κ2) is 6.01. The standard InChI is InChI=1S/C14H17NO2S2/c1-8(2)12(14(16)17)19-13-9(3)18-11-7-5-4-6-10(11)15-13/h4-9,12H,1-3H3,(H,16,17). The van der Waals surface area contributed by atoms with Crippen LogP contribution in [0.5, 0.6) is 0 Å². The molecular weight excluding hydrogens is 278 g/mol. The maximum Gasteiger partial charge on any atom is 0.317 e. The highest BCUT2D eigenvalue weighted by Crippen LogP contribution is 2.41. The lowest BCUT2D eigenvalue weighted by Crippen LogP contribution is -2.27. The summed E-state index contributed by atoms with van der Waals surface area (Å²) in [6.45, 7) is 5.94. The molecule has 1 aliphatic heterocycles. The molecular formula is C14H17NO2S2. The van der Waals surface area contributed by atoms with Crippen molar-refractivity contribution in [3.05, 3.63) is 24.3 Å². The number of hydrogen-bond acceptors (Lipinski definition) is 4. The zero-order valence-corrected chi connectivity index (χ0v) is 12.8. The second-order valence-electron chi connectivity index (χ2n) is 4.80. The number of rotatable bonds is 3. The Morgan fingerprint density at radius 2 is 2.11 bits per heavy atom. The Balaban J connectivity index is 2.25. The van der Waals surface area contributed by atoms with Crippen LogP contribution in [-0.2, 0) is 4.79 Å². The minimum atomic E-state index is -0.765. The van der Waals surface area contributed by atoms with Crippen molar-refractivity contribution in [1.29, 1.82) is 0 Å². The van der Waals surface area contributed by atoms with E-state index in [0.717, 1.165) is 15.6 Å². The van der Waals surface area contributed by atoms with Crippen LogP contribution in [0, 0.1) is 5.92 Å². The molecule has 102 valence electrons. The van der Waals surface area contributed by atoms with Gasteiger partial charge in [-0.1, -0.05) is 37.7 Å². The molecule has 5 heteroatoms. The molecule has 1 N–H and O–H groups in total. The fourth-order valence-corrected chi connectivity index (χ4v) is 4.04. The number of para-hydroxylation sites is 1. The highest BCUT2D eigenvalue weighted by Gasteiger charge is 2.29. The van der Waals surface area contributed by atoms with Gasteiger partial charge in [-0.25, -0.2) is 4.99 Å². The lowest BCUT2D eigenvalue weighted by molar-refractivity contribution is -0.137. The molecule has 0 fully saturated rings. The van der Waals surface area contributed by atoms with Gasteiger partial charge in [0, 0.05) is 4.90 Å². The molecule has 1 aromatic rings. The van der Waals surface area contributed by atoms with Crippen LogP contribution < -0.4 is 0 Å². The number of thioether (sulfide) groups is 2. The predicted octanol–water partition coefficient (Wildman–Crippen LogP) is 4.05. The third-order valence-electron chi connectivity index (χ3n) is 2.84. The molecule has 1 aromatic carbocycles. The summed E-state index contributed by atoms with van der Waals surface area (Å²) in [5.74, 6) is -0.682. The number of hydrogen-bond donors (Lipinski definition) is 1. The van der Waals surface area contributed by atoms with E-state index in [1.54, 1.807) is 11.8 Å². The summed E-state index contributed by atoms with van der Waals surface area (Å²) in [6, 6.07) is 7.98. The van der Waals surface area contributed by atoms with Gasteiger partial charge in [0.25, 0.3) is 0 Å². The molecule has 0 bridgehead atoms. The fourth-order valence-electron chi connectivity index (χ4n) is 1.82. The first-order chi connectivity index (χ1) is 8.99. The van der Waals surface area contributed by atoms with Gasteiger partial charge in [-0.15, -0.1) is 11.8 Å². The maximum atomic E-state index is 11.3. The quantitative estimate of drug-likeness (QED) is 0.914. The normalized spacial score (nSPS) is 19.8. The molecule has 1 heterocycles. The highest BCUT2D eigenvalue weighted by molar-refractivity contribution is 8.17. The smallest absolute Gasteiger partial charge is 0.317 e. The van der Waals surface area contributed by atoms with E-state index >= 15 is 0 Å². The van der Waals surface area contributed by atoms with Crippen molar-refractivity contribution in [2.45, 2.75) is 36.2 Å². The van der Waals surface area contributed by atoms with Crippen LogP contribution >= 0.6 is 23.5 Å². The molecule has 0 spiro atoms. The van der Waals surface area contributed by atoms with E-state index in [4.69, 9.17) is 0 Å². The van der Waals surface area contributed by atoms with Crippen LogP contribution in [0.15, 0.2) is 34.2 Å². The zero-order chi connectivity index (χ0) is 14.0. The van der Waals surface area contributed by atoms with Crippen molar-refractivity contribution >= 4 is 40.2 Å². The van der Waals surface area contributed by atoms with Gasteiger partial charge in [-0.05, 0) is 25.0 Å². The SMILES string of the molecule is CC1Sc2ccccc2N=C1SC(C(=O)O)C(C)C. The molecule has 0 radical (unpaired) electrons. The highest BCUT2D eigenvalue weighted by atomic mass is 32.2. The maximum absolute atomic E-state index is 11.3. The van der Waals surface area contributed by atoms with Gasteiger partial charge >= 0.3 is 5.97 Å². The van der Waals surface area contributed by atoms with Crippen LogP contribution in [0.25, 0.3) is 0 Å². The van der Waals surface area contributed by atoms with E-state index in [2.05, 4.69) is 18.0 Å². The third-order valence-corrected chi connectivity index (χ3v) is 5.86. The lowest BCUT2D eigenvalue weighted by Gasteiger charge is -2.24. The number of benzene rings is 1. The molecule has 2 rings (SSSR count). The minimum absolute atomic E-state index is 0.0829. The average molecular weight is 295 g/mol. The molecule has 19 heavy (non-hydrogen) atoms. The number of aliphatic carboxylic acids is 1. The van der Waals surface area contributed by atoms with Crippen LogP contribution in [0.2, 0.25) is 0 Å². The summed E-state index contributed by atoms with van der Waals surface area (Å²) in [4.78, 5) is 17.1. The topological polar surface area (TPSA) is 49.7 Å². The first-order valence-electron chi connectivity index (χ1n) is 6.22. The minimum Gasteiger partial charge on any atom is -0.480 e. The van der Waals surface area contributed by atoms with E-state index in [-0.39, 0.29) is 11.2 Å². The molecule has 0 aromatic heterocycles. The summed E-state index contributed by atoms with van der Waals surface area (Å²) in [5, 5.41) is 9.95. The number of fused-ring (bicyclic) bond motifs is 1. The van der Waals surface area contributed by atoms with Crippen LogP contribution in [0.4, 0.5) is 5.69 Å². The van der Waals surface area contributed by atoms with E-state index in [1.165, 1.54) is 11.8 Å². The Labute approximate surface area is 121 Å². The lowest BCUT2D eigenvalue weighted by atomic mass is 10.1. The zero-order valence-electron chi connectivity index (χ0n) is 11.2. The van der Waals surface area contributed by atoms with Gasteiger partial charge in [0.15, 0.2) is 0 Å². The monoisotopic (exact) mass is 295 g/mol. The van der Waals surface area contributed by atoms with Gasteiger partial charge in [-0.2, -0.15) is 0 Å². The van der Waals surface area contributed by atoms with Crippen LogP contribution in [-0.4, -0.2) is 26.6 Å². The summed E-state index contributed by atoms with van der Waals surface area (Å²) in [7, 11) is 0. The number of carbonyl (C=O) groups is 1. The fraction of sp³-hybridized carbons (Fsp3) is 0.429. The molecule has 0 saturated carbocycles. The van der Waals surface area contributed by atoms with Crippen molar-refractivity contribution < 1.29 is 9.90 Å². The molecule has 0 aliphatic carbocycles.